The van der Waals surface area contributed by atoms with Crippen LogP contribution in [0.1, 0.15) is 396 Å². The Morgan fingerprint density at radius 3 is 0.732 bits per heavy atom. The van der Waals surface area contributed by atoms with E-state index in [0.717, 1.165) is 114 Å². The molecule has 0 aliphatic rings. The van der Waals surface area contributed by atoms with Crippen molar-refractivity contribution in [3.8, 4) is 0 Å². The molecule has 0 aliphatic carbocycles. The lowest BCUT2D eigenvalue weighted by Crippen LogP contribution is -2.30. The predicted molar refractivity (Wildman–Crippen MR) is 395 cm³/mol. The lowest BCUT2D eigenvalue weighted by atomic mass is 9.99. The van der Waals surface area contributed by atoms with Crippen LogP contribution in [-0.4, -0.2) is 96.7 Å². The lowest BCUT2D eigenvalue weighted by molar-refractivity contribution is -0.161. The van der Waals surface area contributed by atoms with E-state index >= 15 is 0 Å². The van der Waals surface area contributed by atoms with Crippen LogP contribution in [0.15, 0.2) is 0 Å². The number of hydrogen-bond acceptors (Lipinski definition) is 15. The zero-order valence-electron chi connectivity index (χ0n) is 63.7. The predicted octanol–water partition coefficient (Wildman–Crippen LogP) is 22.8. The van der Waals surface area contributed by atoms with Gasteiger partial charge in [-0.1, -0.05) is 344 Å². The van der Waals surface area contributed by atoms with Crippen LogP contribution >= 0.6 is 15.6 Å². The molecule has 0 aliphatic heterocycles. The third-order valence-electron chi connectivity index (χ3n) is 18.4. The summed E-state index contributed by atoms with van der Waals surface area (Å²) in [6, 6.07) is 0. The van der Waals surface area contributed by atoms with Crippen LogP contribution in [0.4, 0.5) is 0 Å². The molecule has 0 saturated heterocycles. The van der Waals surface area contributed by atoms with Crippen molar-refractivity contribution in [2.24, 2.45) is 23.7 Å². The highest BCUT2D eigenvalue weighted by Crippen LogP contribution is 2.45. The molecule has 0 spiro atoms. The minimum absolute atomic E-state index is 0.106. The Balaban J connectivity index is 5.25. The highest BCUT2D eigenvalue weighted by Gasteiger charge is 2.30. The molecule has 0 fully saturated rings. The van der Waals surface area contributed by atoms with Gasteiger partial charge in [0.05, 0.1) is 26.4 Å². The Bertz CT molecular complexity index is 1900. The molecule has 0 saturated carbocycles. The summed E-state index contributed by atoms with van der Waals surface area (Å²) in [4.78, 5) is 72.9. The van der Waals surface area contributed by atoms with Crippen molar-refractivity contribution >= 4 is 39.5 Å². The highest BCUT2D eigenvalue weighted by molar-refractivity contribution is 7.47. The molecule has 6 atom stereocenters. The number of carbonyl (C=O) groups excluding carboxylic acids is 4. The molecular weight excluding hydrogens is 1270 g/mol. The van der Waals surface area contributed by atoms with E-state index in [1.807, 2.05) is 0 Å². The first-order chi connectivity index (χ1) is 46.6. The van der Waals surface area contributed by atoms with Gasteiger partial charge >= 0.3 is 39.5 Å². The van der Waals surface area contributed by atoms with Gasteiger partial charge in [0.2, 0.25) is 0 Å². The fraction of sp³-hybridized carbons (Fsp3) is 0.949. The van der Waals surface area contributed by atoms with Gasteiger partial charge < -0.3 is 33.8 Å². The molecule has 0 heterocycles. The normalized spacial score (nSPS) is 14.4. The quantitative estimate of drug-likeness (QED) is 0.0222. The summed E-state index contributed by atoms with van der Waals surface area (Å²) in [5.41, 5.74) is 0. The lowest BCUT2D eigenvalue weighted by Gasteiger charge is -2.21. The molecule has 3 N–H and O–H groups in total. The monoisotopic (exact) mass is 1420 g/mol. The van der Waals surface area contributed by atoms with E-state index < -0.39 is 97.5 Å². The molecule has 0 aromatic carbocycles. The molecule has 0 rings (SSSR count). The molecule has 0 radical (unpaired) electrons. The minimum atomic E-state index is -4.96. The first-order valence-electron chi connectivity index (χ1n) is 40.2. The van der Waals surface area contributed by atoms with E-state index in [2.05, 4.69) is 55.4 Å². The van der Waals surface area contributed by atoms with Crippen molar-refractivity contribution in [1.82, 2.24) is 0 Å². The van der Waals surface area contributed by atoms with Crippen LogP contribution < -0.4 is 0 Å². The smallest absolute Gasteiger partial charge is 0.462 e. The van der Waals surface area contributed by atoms with Gasteiger partial charge in [-0.05, 0) is 49.4 Å². The van der Waals surface area contributed by atoms with Crippen molar-refractivity contribution in [3.05, 3.63) is 0 Å². The van der Waals surface area contributed by atoms with E-state index in [-0.39, 0.29) is 25.7 Å². The third kappa shape index (κ3) is 70.9. The van der Waals surface area contributed by atoms with Gasteiger partial charge in [-0.25, -0.2) is 9.13 Å². The van der Waals surface area contributed by atoms with E-state index in [0.29, 0.717) is 31.6 Å². The molecule has 0 aromatic heterocycles. The summed E-state index contributed by atoms with van der Waals surface area (Å²) in [5, 5.41) is 10.6. The Hall–Kier alpha value is -1.94. The third-order valence-corrected chi connectivity index (χ3v) is 20.3. The molecule has 576 valence electrons. The van der Waals surface area contributed by atoms with E-state index in [4.69, 9.17) is 37.0 Å². The minimum Gasteiger partial charge on any atom is -0.462 e. The molecule has 0 bridgehead atoms. The van der Waals surface area contributed by atoms with Crippen molar-refractivity contribution in [2.75, 3.05) is 39.6 Å². The Morgan fingerprint density at radius 2 is 0.495 bits per heavy atom. The van der Waals surface area contributed by atoms with Crippen LogP contribution in [0.3, 0.4) is 0 Å². The fourth-order valence-corrected chi connectivity index (χ4v) is 13.5. The maximum absolute atomic E-state index is 13.1. The van der Waals surface area contributed by atoms with Gasteiger partial charge in [0.15, 0.2) is 12.2 Å². The molecular formula is C78H152O17P2. The number of phosphoric acid groups is 2. The van der Waals surface area contributed by atoms with Gasteiger partial charge in [0.25, 0.3) is 0 Å². The summed E-state index contributed by atoms with van der Waals surface area (Å²) in [7, 11) is -9.92. The highest BCUT2D eigenvalue weighted by atomic mass is 31.2. The summed E-state index contributed by atoms with van der Waals surface area (Å²) in [6.45, 7) is 14.2. The molecule has 19 heteroatoms. The van der Waals surface area contributed by atoms with Crippen molar-refractivity contribution < 1.29 is 80.2 Å². The number of esters is 4. The van der Waals surface area contributed by atoms with Gasteiger partial charge in [-0.2, -0.15) is 0 Å². The standard InChI is InChI=1S/C78H152O17P2/c1-9-71(8)57-49-41-33-25-18-14-10-11-15-19-27-35-44-52-60-77(82)94-73(64-88-75(80)58-50-42-34-26-22-21-24-31-39-47-55-69(4)5)66-92-96(84,85)90-62-72(79)63-91-97(86,87)93-67-74(65-89-76(81)59-51-43-37-29-32-40-48-56-70(6)7)95-78(83)61-53-45-36-28-20-16-12-13-17-23-30-38-46-54-68(2)3/h68-74,79H,9-67H2,1-8H3,(H,84,85)(H,86,87)/t71?,72?,73-,74-/m1/s1. The van der Waals surface area contributed by atoms with Crippen molar-refractivity contribution in [3.63, 3.8) is 0 Å². The van der Waals surface area contributed by atoms with Crippen LogP contribution in [-0.2, 0) is 65.4 Å². The largest absolute Gasteiger partial charge is 0.472 e. The maximum atomic E-state index is 13.1. The molecule has 17 nitrogen and oxygen atoms in total. The van der Waals surface area contributed by atoms with Gasteiger partial charge in [0.1, 0.15) is 19.3 Å². The number of aliphatic hydroxyl groups is 1. The molecule has 4 unspecified atom stereocenters. The zero-order chi connectivity index (χ0) is 71.7. The zero-order valence-corrected chi connectivity index (χ0v) is 65.5. The molecule has 97 heavy (non-hydrogen) atoms. The second-order valence-electron chi connectivity index (χ2n) is 29.8. The average Bonchev–Trinajstić information content (AvgIpc) is 1.16. The molecule has 0 aromatic rings. The summed E-state index contributed by atoms with van der Waals surface area (Å²) < 4.78 is 68.6. The van der Waals surface area contributed by atoms with Crippen molar-refractivity contribution in [2.45, 2.75) is 414 Å². The van der Waals surface area contributed by atoms with E-state index in [1.165, 1.54) is 193 Å². The number of phosphoric ester groups is 2. The number of ether oxygens (including phenoxy) is 4. The van der Waals surface area contributed by atoms with Gasteiger partial charge in [0, 0.05) is 25.7 Å². The summed E-state index contributed by atoms with van der Waals surface area (Å²) >= 11 is 0. The topological polar surface area (TPSA) is 237 Å². The van der Waals surface area contributed by atoms with Crippen molar-refractivity contribution in [1.29, 1.82) is 0 Å². The fourth-order valence-electron chi connectivity index (χ4n) is 11.9. The van der Waals surface area contributed by atoms with Crippen LogP contribution in [0.5, 0.6) is 0 Å². The van der Waals surface area contributed by atoms with Gasteiger partial charge in [-0.15, -0.1) is 0 Å². The SMILES string of the molecule is CCC(C)CCCCCCCCCCCCCCCCC(=O)O[C@H](COC(=O)CCCCCCCCCCCCC(C)C)COP(=O)(O)OCC(O)COP(=O)(O)OC[C@@H](COC(=O)CCCCCCCCCC(C)C)OC(=O)CCCCCCCCCCCCCCCC(C)C. The van der Waals surface area contributed by atoms with E-state index in [9.17, 15) is 43.2 Å². The number of unbranched alkanes of at least 4 members (excludes halogenated alkanes) is 40. The first-order valence-corrected chi connectivity index (χ1v) is 43.2. The van der Waals surface area contributed by atoms with Crippen LogP contribution in [0, 0.1) is 23.7 Å². The Labute approximate surface area is 594 Å². The maximum Gasteiger partial charge on any atom is 0.472 e. The Kier molecular flexibility index (Phi) is 65.9. The molecule has 0 amide bonds. The Morgan fingerprint density at radius 1 is 0.289 bits per heavy atom. The average molecular weight is 1420 g/mol. The van der Waals surface area contributed by atoms with Crippen LogP contribution in [0.25, 0.3) is 0 Å². The summed E-state index contributed by atoms with van der Waals surface area (Å²) in [5.74, 6) is 0.978. The second kappa shape index (κ2) is 67.2. The van der Waals surface area contributed by atoms with Crippen LogP contribution in [0.2, 0.25) is 0 Å². The second-order valence-corrected chi connectivity index (χ2v) is 32.7. The van der Waals surface area contributed by atoms with Gasteiger partial charge in [-0.3, -0.25) is 37.3 Å². The van der Waals surface area contributed by atoms with E-state index in [1.54, 1.807) is 0 Å². The summed E-state index contributed by atoms with van der Waals surface area (Å²) in [6.07, 6.45) is 52.7. The first kappa shape index (κ1) is 95.1. The number of carbonyl (C=O) groups is 4. The number of rotatable bonds is 75. The number of aliphatic hydroxyl groups excluding tert-OH is 1. The number of hydrogen-bond donors (Lipinski definition) is 3.